The number of piperidine rings is 1. The lowest BCUT2D eigenvalue weighted by atomic mass is 9.76. The second kappa shape index (κ2) is 7.14. The van der Waals surface area contributed by atoms with Crippen LogP contribution in [0.15, 0.2) is 24.3 Å². The van der Waals surface area contributed by atoms with Crippen molar-refractivity contribution < 1.29 is 9.53 Å². The van der Waals surface area contributed by atoms with Crippen molar-refractivity contribution in [1.29, 1.82) is 0 Å². The van der Waals surface area contributed by atoms with Gasteiger partial charge in [-0.3, -0.25) is 4.79 Å². The maximum absolute atomic E-state index is 13.5. The topological polar surface area (TPSA) is 55.6 Å². The number of hydrogen-bond donors (Lipinski definition) is 1. The summed E-state index contributed by atoms with van der Waals surface area (Å²) in [5.41, 5.74) is 6.86. The third-order valence-electron chi connectivity index (χ3n) is 5.98. The van der Waals surface area contributed by atoms with Crippen LogP contribution >= 0.6 is 0 Å². The van der Waals surface area contributed by atoms with E-state index < -0.39 is 0 Å². The number of likely N-dealkylation sites (tertiary alicyclic amines) is 1. The Balaban J connectivity index is 1.88. The summed E-state index contributed by atoms with van der Waals surface area (Å²) in [6.45, 7) is 3.74. The third-order valence-corrected chi connectivity index (χ3v) is 5.98. The van der Waals surface area contributed by atoms with Crippen LogP contribution in [0.2, 0.25) is 0 Å². The molecular formula is C20H30N2O2. The van der Waals surface area contributed by atoms with Crippen molar-refractivity contribution in [1.82, 2.24) is 4.90 Å². The van der Waals surface area contributed by atoms with Crippen molar-refractivity contribution in [2.24, 2.45) is 11.7 Å². The number of amides is 1. The summed E-state index contributed by atoms with van der Waals surface area (Å²) in [5.74, 6) is 1.56. The molecule has 1 saturated carbocycles. The zero-order valence-electron chi connectivity index (χ0n) is 15.0. The summed E-state index contributed by atoms with van der Waals surface area (Å²) in [6, 6.07) is 8.25. The smallest absolute Gasteiger partial charge is 0.233 e. The van der Waals surface area contributed by atoms with Crippen molar-refractivity contribution in [3.05, 3.63) is 29.8 Å². The van der Waals surface area contributed by atoms with Crippen LogP contribution in [0.1, 0.15) is 51.0 Å². The summed E-state index contributed by atoms with van der Waals surface area (Å²) < 4.78 is 5.39. The van der Waals surface area contributed by atoms with Gasteiger partial charge in [-0.25, -0.2) is 0 Å². The number of carbonyl (C=O) groups excluding carboxylic acids is 1. The summed E-state index contributed by atoms with van der Waals surface area (Å²) in [6.07, 6.45) is 6.32. The first-order valence-electron chi connectivity index (χ1n) is 9.26. The van der Waals surface area contributed by atoms with E-state index >= 15 is 0 Å². The molecule has 1 aromatic rings. The first kappa shape index (κ1) is 17.3. The van der Waals surface area contributed by atoms with Gasteiger partial charge in [-0.15, -0.1) is 0 Å². The first-order chi connectivity index (χ1) is 11.6. The molecule has 4 nitrogen and oxygen atoms in total. The van der Waals surface area contributed by atoms with E-state index in [4.69, 9.17) is 10.5 Å². The van der Waals surface area contributed by atoms with E-state index in [9.17, 15) is 4.79 Å². The van der Waals surface area contributed by atoms with E-state index in [0.717, 1.165) is 62.9 Å². The number of carbonyl (C=O) groups is 1. The van der Waals surface area contributed by atoms with E-state index in [1.165, 1.54) is 0 Å². The molecule has 1 aromatic carbocycles. The van der Waals surface area contributed by atoms with Gasteiger partial charge < -0.3 is 15.4 Å². The largest absolute Gasteiger partial charge is 0.497 e. The van der Waals surface area contributed by atoms with Crippen LogP contribution in [0.3, 0.4) is 0 Å². The Kier molecular flexibility index (Phi) is 5.14. The molecule has 0 radical (unpaired) electrons. The fourth-order valence-electron chi connectivity index (χ4n) is 4.45. The van der Waals surface area contributed by atoms with Crippen LogP contribution < -0.4 is 10.5 Å². The van der Waals surface area contributed by atoms with Gasteiger partial charge in [-0.2, -0.15) is 0 Å². The van der Waals surface area contributed by atoms with E-state index in [-0.39, 0.29) is 11.5 Å². The molecular weight excluding hydrogens is 300 g/mol. The fourth-order valence-corrected chi connectivity index (χ4v) is 4.45. The summed E-state index contributed by atoms with van der Waals surface area (Å²) >= 11 is 0. The molecule has 1 aliphatic heterocycles. The van der Waals surface area contributed by atoms with Crippen molar-refractivity contribution >= 4 is 5.91 Å². The van der Waals surface area contributed by atoms with Gasteiger partial charge in [0.15, 0.2) is 0 Å². The standard InChI is InChI=1S/C20H30N2O2/c1-15(21)16-7-6-12-22(14-16)19(23)20(10-3-4-11-20)17-8-5-9-18(13-17)24-2/h5,8-9,13,15-16H,3-4,6-7,10-12,14,21H2,1-2H3. The number of ether oxygens (including phenoxy) is 1. The predicted octanol–water partition coefficient (Wildman–Crippen LogP) is 3.09. The predicted molar refractivity (Wildman–Crippen MR) is 96.1 cm³/mol. The Bertz CT molecular complexity index is 579. The molecule has 2 unspecified atom stereocenters. The quantitative estimate of drug-likeness (QED) is 0.923. The number of methoxy groups -OCH3 is 1. The maximum Gasteiger partial charge on any atom is 0.233 e. The minimum atomic E-state index is -0.367. The molecule has 4 heteroatoms. The molecule has 1 heterocycles. The monoisotopic (exact) mass is 330 g/mol. The van der Waals surface area contributed by atoms with Crippen molar-refractivity contribution in [3.8, 4) is 5.75 Å². The highest BCUT2D eigenvalue weighted by Crippen LogP contribution is 2.44. The molecule has 0 spiro atoms. The fraction of sp³-hybridized carbons (Fsp3) is 0.650. The van der Waals surface area contributed by atoms with E-state index in [2.05, 4.69) is 24.0 Å². The number of nitrogens with zero attached hydrogens (tertiary/aromatic N) is 1. The molecule has 2 fully saturated rings. The van der Waals surface area contributed by atoms with Crippen LogP contribution in [-0.4, -0.2) is 37.0 Å². The molecule has 2 aliphatic rings. The molecule has 1 aliphatic carbocycles. The molecule has 132 valence electrons. The van der Waals surface area contributed by atoms with E-state index in [1.54, 1.807) is 7.11 Å². The summed E-state index contributed by atoms with van der Waals surface area (Å²) in [5, 5.41) is 0. The Morgan fingerprint density at radius 1 is 1.33 bits per heavy atom. The lowest BCUT2D eigenvalue weighted by Crippen LogP contribution is -2.51. The van der Waals surface area contributed by atoms with Gasteiger partial charge in [0.05, 0.1) is 12.5 Å². The lowest BCUT2D eigenvalue weighted by molar-refractivity contribution is -0.139. The van der Waals surface area contributed by atoms with Crippen molar-refractivity contribution in [2.75, 3.05) is 20.2 Å². The SMILES string of the molecule is COc1cccc(C2(C(=O)N3CCCC(C(C)N)C3)CCCC2)c1. The number of rotatable bonds is 4. The molecule has 1 amide bonds. The van der Waals surface area contributed by atoms with Crippen LogP contribution in [0, 0.1) is 5.92 Å². The van der Waals surface area contributed by atoms with E-state index in [1.807, 2.05) is 12.1 Å². The molecule has 2 atom stereocenters. The number of hydrogen-bond acceptors (Lipinski definition) is 3. The number of benzene rings is 1. The van der Waals surface area contributed by atoms with Crippen LogP contribution in [-0.2, 0) is 10.2 Å². The summed E-state index contributed by atoms with van der Waals surface area (Å²) in [7, 11) is 1.68. The normalized spacial score (nSPS) is 24.6. The van der Waals surface area contributed by atoms with Gasteiger partial charge in [-0.05, 0) is 56.2 Å². The average Bonchev–Trinajstić information content (AvgIpc) is 3.12. The average molecular weight is 330 g/mol. The lowest BCUT2D eigenvalue weighted by Gasteiger charge is -2.40. The van der Waals surface area contributed by atoms with Gasteiger partial charge >= 0.3 is 0 Å². The first-order valence-corrected chi connectivity index (χ1v) is 9.26. The zero-order valence-corrected chi connectivity index (χ0v) is 15.0. The van der Waals surface area contributed by atoms with Crippen molar-refractivity contribution in [2.45, 2.75) is 56.9 Å². The van der Waals surface area contributed by atoms with Crippen LogP contribution in [0.25, 0.3) is 0 Å². The van der Waals surface area contributed by atoms with Gasteiger partial charge in [0.1, 0.15) is 5.75 Å². The minimum absolute atomic E-state index is 0.150. The van der Waals surface area contributed by atoms with Gasteiger partial charge in [-0.1, -0.05) is 25.0 Å². The molecule has 2 N–H and O–H groups in total. The second-order valence-corrected chi connectivity index (χ2v) is 7.53. The van der Waals surface area contributed by atoms with Crippen LogP contribution in [0.5, 0.6) is 5.75 Å². The third kappa shape index (κ3) is 3.16. The number of nitrogens with two attached hydrogens (primary N) is 1. The molecule has 1 saturated heterocycles. The Morgan fingerprint density at radius 3 is 2.75 bits per heavy atom. The van der Waals surface area contributed by atoms with E-state index in [0.29, 0.717) is 11.8 Å². The Labute approximate surface area is 145 Å². The summed E-state index contributed by atoms with van der Waals surface area (Å²) in [4.78, 5) is 15.6. The van der Waals surface area contributed by atoms with Gasteiger partial charge in [0.25, 0.3) is 0 Å². The Hall–Kier alpha value is -1.55. The van der Waals surface area contributed by atoms with Gasteiger partial charge in [0, 0.05) is 19.1 Å². The zero-order chi connectivity index (χ0) is 17.2. The molecule has 24 heavy (non-hydrogen) atoms. The molecule has 3 rings (SSSR count). The highest BCUT2D eigenvalue weighted by molar-refractivity contribution is 5.89. The second-order valence-electron chi connectivity index (χ2n) is 7.53. The molecule has 0 bridgehead atoms. The molecule has 0 aromatic heterocycles. The Morgan fingerprint density at radius 2 is 2.08 bits per heavy atom. The minimum Gasteiger partial charge on any atom is -0.497 e. The van der Waals surface area contributed by atoms with Crippen LogP contribution in [0.4, 0.5) is 0 Å². The van der Waals surface area contributed by atoms with Gasteiger partial charge in [0.2, 0.25) is 5.91 Å². The van der Waals surface area contributed by atoms with Crippen molar-refractivity contribution in [3.63, 3.8) is 0 Å². The highest BCUT2D eigenvalue weighted by atomic mass is 16.5. The highest BCUT2D eigenvalue weighted by Gasteiger charge is 2.45. The maximum atomic E-state index is 13.5.